The molecule has 92 valence electrons. The largest absolute Gasteiger partial charge is 0.251 e. The van der Waals surface area contributed by atoms with Crippen LogP contribution in [0.3, 0.4) is 0 Å². The first kappa shape index (κ1) is 13.8. The van der Waals surface area contributed by atoms with Crippen LogP contribution in [-0.2, 0) is 19.9 Å². The number of aromatic nitrogens is 1. The predicted octanol–water partition coefficient (Wildman–Crippen LogP) is 0.119. The molecule has 6 nitrogen and oxygen atoms in total. The highest BCUT2D eigenvalue weighted by Gasteiger charge is 2.17. The monoisotopic (exact) mass is 304 g/mol. The van der Waals surface area contributed by atoms with Gasteiger partial charge >= 0.3 is 0 Å². The fourth-order valence-corrected chi connectivity index (χ4v) is 3.77. The van der Waals surface area contributed by atoms with Gasteiger partial charge in [0.2, 0.25) is 0 Å². The van der Waals surface area contributed by atoms with Gasteiger partial charge in [-0.25, -0.2) is 26.5 Å². The third-order valence-corrected chi connectivity index (χ3v) is 5.47. The predicted molar refractivity (Wildman–Crippen MR) is 62.0 cm³/mol. The smallest absolute Gasteiger partial charge is 0.232 e. The van der Waals surface area contributed by atoms with Gasteiger partial charge in [0.1, 0.15) is 9.84 Å². The molecule has 1 N–H and O–H groups in total. The van der Waals surface area contributed by atoms with Crippen molar-refractivity contribution in [2.75, 3.05) is 18.6 Å². The zero-order chi connectivity index (χ0) is 12.4. The SMILES string of the molecule is CS(=O)(=O)CCNS(=O)(=O)c1cnc(Cl)s1. The Morgan fingerprint density at radius 3 is 2.50 bits per heavy atom. The van der Waals surface area contributed by atoms with Gasteiger partial charge in [-0.2, -0.15) is 0 Å². The molecule has 0 saturated carbocycles. The van der Waals surface area contributed by atoms with Gasteiger partial charge in [-0.1, -0.05) is 22.9 Å². The van der Waals surface area contributed by atoms with Crippen LogP contribution in [0.1, 0.15) is 0 Å². The Kier molecular flexibility index (Phi) is 4.29. The number of nitrogens with zero attached hydrogens (tertiary/aromatic N) is 1. The summed E-state index contributed by atoms with van der Waals surface area (Å²) in [5.74, 6) is -0.251. The van der Waals surface area contributed by atoms with Crippen LogP contribution in [0.25, 0.3) is 0 Å². The number of halogens is 1. The normalized spacial score (nSPS) is 12.9. The molecule has 16 heavy (non-hydrogen) atoms. The lowest BCUT2D eigenvalue weighted by Gasteiger charge is -2.02. The minimum absolute atomic E-state index is 0.0361. The van der Waals surface area contributed by atoms with Crippen LogP contribution in [0.15, 0.2) is 10.4 Å². The van der Waals surface area contributed by atoms with Gasteiger partial charge in [0, 0.05) is 12.8 Å². The van der Waals surface area contributed by atoms with Gasteiger partial charge in [-0.3, -0.25) is 0 Å². The Morgan fingerprint density at radius 2 is 2.06 bits per heavy atom. The van der Waals surface area contributed by atoms with Crippen molar-refractivity contribution in [1.29, 1.82) is 0 Å². The summed E-state index contributed by atoms with van der Waals surface area (Å²) < 4.78 is 46.9. The van der Waals surface area contributed by atoms with Gasteiger partial charge in [0.05, 0.1) is 11.9 Å². The second-order valence-corrected chi connectivity index (χ2v) is 8.83. The first-order valence-electron chi connectivity index (χ1n) is 3.99. The lowest BCUT2D eigenvalue weighted by Crippen LogP contribution is -2.28. The molecular formula is C6H9ClN2O4S3. The van der Waals surface area contributed by atoms with E-state index in [1.807, 2.05) is 0 Å². The molecule has 0 aromatic carbocycles. The summed E-state index contributed by atoms with van der Waals surface area (Å²) in [4.78, 5) is 3.59. The maximum absolute atomic E-state index is 11.5. The number of hydrogen-bond donors (Lipinski definition) is 1. The molecule has 1 aromatic heterocycles. The highest BCUT2D eigenvalue weighted by atomic mass is 35.5. The molecule has 0 aliphatic heterocycles. The van der Waals surface area contributed by atoms with E-state index in [1.165, 1.54) is 0 Å². The van der Waals surface area contributed by atoms with Gasteiger partial charge in [0.25, 0.3) is 10.0 Å². The van der Waals surface area contributed by atoms with E-state index in [1.54, 1.807) is 0 Å². The van der Waals surface area contributed by atoms with Crippen molar-refractivity contribution in [3.63, 3.8) is 0 Å². The summed E-state index contributed by atoms with van der Waals surface area (Å²) >= 11 is 6.30. The molecule has 1 rings (SSSR count). The Balaban J connectivity index is 2.67. The van der Waals surface area contributed by atoms with Crippen LogP contribution < -0.4 is 4.72 Å². The molecule has 0 radical (unpaired) electrons. The van der Waals surface area contributed by atoms with E-state index in [2.05, 4.69) is 9.71 Å². The van der Waals surface area contributed by atoms with E-state index < -0.39 is 19.9 Å². The number of sulfone groups is 1. The fraction of sp³-hybridized carbons (Fsp3) is 0.500. The lowest BCUT2D eigenvalue weighted by atomic mass is 10.8. The van der Waals surface area contributed by atoms with Crippen molar-refractivity contribution in [1.82, 2.24) is 9.71 Å². The fourth-order valence-electron chi connectivity index (χ4n) is 0.796. The second-order valence-electron chi connectivity index (χ2n) is 2.96. The second kappa shape index (κ2) is 4.96. The first-order valence-corrected chi connectivity index (χ1v) is 8.73. The maximum atomic E-state index is 11.5. The molecule has 10 heteroatoms. The zero-order valence-corrected chi connectivity index (χ0v) is 11.4. The first-order chi connectivity index (χ1) is 7.21. The number of thiazole rings is 1. The summed E-state index contributed by atoms with van der Waals surface area (Å²) in [5, 5.41) is 0. The molecule has 0 atom stereocenters. The topological polar surface area (TPSA) is 93.2 Å². The Hall–Kier alpha value is -0.220. The summed E-state index contributed by atoms with van der Waals surface area (Å²) in [5.41, 5.74) is 0. The number of rotatable bonds is 5. The molecule has 1 aromatic rings. The van der Waals surface area contributed by atoms with Crippen molar-refractivity contribution in [2.45, 2.75) is 4.21 Å². The summed E-state index contributed by atoms with van der Waals surface area (Å²) in [7, 11) is -6.89. The average Bonchev–Trinajstić information content (AvgIpc) is 2.49. The minimum Gasteiger partial charge on any atom is -0.232 e. The number of sulfonamides is 1. The van der Waals surface area contributed by atoms with E-state index in [9.17, 15) is 16.8 Å². The summed E-state index contributed by atoms with van der Waals surface area (Å²) in [6.07, 6.45) is 2.15. The maximum Gasteiger partial charge on any atom is 0.251 e. The molecular weight excluding hydrogens is 296 g/mol. The Labute approximate surface area is 103 Å². The highest BCUT2D eigenvalue weighted by molar-refractivity contribution is 7.92. The number of nitrogens with one attached hydrogen (secondary N) is 1. The molecule has 0 saturated heterocycles. The summed E-state index contributed by atoms with van der Waals surface area (Å²) in [6.45, 7) is -0.170. The molecule has 0 aliphatic carbocycles. The molecule has 1 heterocycles. The van der Waals surface area contributed by atoms with Crippen LogP contribution in [-0.4, -0.2) is 40.4 Å². The molecule has 0 spiro atoms. The summed E-state index contributed by atoms with van der Waals surface area (Å²) in [6, 6.07) is 0. The van der Waals surface area contributed by atoms with Crippen LogP contribution >= 0.6 is 22.9 Å². The van der Waals surface area contributed by atoms with Gasteiger partial charge in [0.15, 0.2) is 8.68 Å². The van der Waals surface area contributed by atoms with Crippen LogP contribution in [0, 0.1) is 0 Å². The van der Waals surface area contributed by atoms with E-state index >= 15 is 0 Å². The van der Waals surface area contributed by atoms with Crippen LogP contribution in [0.5, 0.6) is 0 Å². The number of hydrogen-bond acceptors (Lipinski definition) is 6. The minimum atomic E-state index is -3.70. The van der Waals surface area contributed by atoms with Crippen molar-refractivity contribution in [3.05, 3.63) is 10.7 Å². The van der Waals surface area contributed by atoms with Crippen LogP contribution in [0.4, 0.5) is 0 Å². The van der Waals surface area contributed by atoms with Gasteiger partial charge in [-0.15, -0.1) is 0 Å². The van der Waals surface area contributed by atoms with E-state index in [-0.39, 0.29) is 21.0 Å². The van der Waals surface area contributed by atoms with Crippen molar-refractivity contribution >= 4 is 42.8 Å². The Morgan fingerprint density at radius 1 is 1.44 bits per heavy atom. The molecule has 0 bridgehead atoms. The van der Waals surface area contributed by atoms with Gasteiger partial charge in [-0.05, 0) is 0 Å². The highest BCUT2D eigenvalue weighted by Crippen LogP contribution is 2.21. The molecule has 0 amide bonds. The average molecular weight is 305 g/mol. The van der Waals surface area contributed by atoms with E-state index in [0.717, 1.165) is 23.8 Å². The zero-order valence-electron chi connectivity index (χ0n) is 8.17. The third-order valence-electron chi connectivity index (χ3n) is 1.49. The Bertz CT molecular complexity index is 562. The quantitative estimate of drug-likeness (QED) is 0.834. The molecule has 0 aliphatic rings. The molecule has 0 fully saturated rings. The van der Waals surface area contributed by atoms with E-state index in [4.69, 9.17) is 11.6 Å². The third kappa shape index (κ3) is 4.34. The van der Waals surface area contributed by atoms with Crippen molar-refractivity contribution in [3.8, 4) is 0 Å². The van der Waals surface area contributed by atoms with E-state index in [0.29, 0.717) is 0 Å². The van der Waals surface area contributed by atoms with Gasteiger partial charge < -0.3 is 0 Å². The molecule has 0 unspecified atom stereocenters. The van der Waals surface area contributed by atoms with Crippen molar-refractivity contribution < 1.29 is 16.8 Å². The lowest BCUT2D eigenvalue weighted by molar-refractivity contribution is 0.583. The standard InChI is InChI=1S/C6H9ClN2O4S3/c1-15(10,11)3-2-9-16(12,13)5-4-8-6(7)14-5/h4,9H,2-3H2,1H3. The van der Waals surface area contributed by atoms with Crippen molar-refractivity contribution in [2.24, 2.45) is 0 Å². The van der Waals surface area contributed by atoms with Crippen LogP contribution in [0.2, 0.25) is 4.47 Å².